The summed E-state index contributed by atoms with van der Waals surface area (Å²) in [6.45, 7) is 3.92. The molecule has 2 heterocycles. The van der Waals surface area contributed by atoms with Crippen LogP contribution in [0.25, 0.3) is 0 Å². The Hall–Kier alpha value is -2.12. The van der Waals surface area contributed by atoms with Crippen LogP contribution in [0.1, 0.15) is 5.89 Å². The molecule has 7 nitrogen and oxygen atoms in total. The number of nitrogens with two attached hydrogens (primary N) is 1. The molecule has 1 saturated heterocycles. The highest BCUT2D eigenvalue weighted by atomic mass is 16.5. The minimum atomic E-state index is 0.387. The van der Waals surface area contributed by atoms with E-state index >= 15 is 0 Å². The Morgan fingerprint density at radius 3 is 2.62 bits per heavy atom. The fraction of sp³-hybridized carbons (Fsp3) is 0.429. The molecule has 0 radical (unpaired) electrons. The van der Waals surface area contributed by atoms with Crippen molar-refractivity contribution in [2.24, 2.45) is 5.73 Å². The molecule has 1 aliphatic heterocycles. The van der Waals surface area contributed by atoms with Crippen molar-refractivity contribution in [1.82, 2.24) is 10.2 Å². The summed E-state index contributed by atoms with van der Waals surface area (Å²) in [6.07, 6.45) is 0.588. The van der Waals surface area contributed by atoms with Crippen LogP contribution in [0.15, 0.2) is 28.7 Å². The van der Waals surface area contributed by atoms with Crippen molar-refractivity contribution in [2.45, 2.75) is 6.42 Å². The zero-order valence-electron chi connectivity index (χ0n) is 11.8. The molecule has 7 heteroatoms. The second kappa shape index (κ2) is 6.55. The van der Waals surface area contributed by atoms with Gasteiger partial charge in [-0.1, -0.05) is 5.10 Å². The number of nitrogens with zero attached hydrogens (tertiary/aromatic N) is 3. The summed E-state index contributed by atoms with van der Waals surface area (Å²) in [5.74, 6) is 0.546. The third kappa shape index (κ3) is 3.50. The van der Waals surface area contributed by atoms with E-state index in [1.165, 1.54) is 5.69 Å². The number of ether oxygens (including phenoxy) is 1. The minimum Gasteiger partial charge on any atom is -0.408 e. The number of hydrogen-bond donors (Lipinski definition) is 2. The Labute approximate surface area is 123 Å². The van der Waals surface area contributed by atoms with Crippen LogP contribution in [0.3, 0.4) is 0 Å². The van der Waals surface area contributed by atoms with E-state index < -0.39 is 0 Å². The van der Waals surface area contributed by atoms with Crippen LogP contribution >= 0.6 is 0 Å². The molecule has 21 heavy (non-hydrogen) atoms. The van der Waals surface area contributed by atoms with Crippen molar-refractivity contribution in [3.05, 3.63) is 30.2 Å². The van der Waals surface area contributed by atoms with Crippen LogP contribution in [-0.2, 0) is 11.2 Å². The first kappa shape index (κ1) is 13.8. The summed E-state index contributed by atoms with van der Waals surface area (Å²) in [6, 6.07) is 8.53. The molecule has 0 spiro atoms. The monoisotopic (exact) mass is 289 g/mol. The molecule has 3 rings (SSSR count). The van der Waals surface area contributed by atoms with Crippen LogP contribution in [0.5, 0.6) is 0 Å². The van der Waals surface area contributed by atoms with Gasteiger partial charge in [0.1, 0.15) is 0 Å². The molecule has 3 N–H and O–H groups in total. The first-order chi connectivity index (χ1) is 10.3. The van der Waals surface area contributed by atoms with E-state index in [2.05, 4.69) is 32.5 Å². The molecule has 0 atom stereocenters. The highest BCUT2D eigenvalue weighted by molar-refractivity contribution is 5.58. The summed E-state index contributed by atoms with van der Waals surface area (Å²) in [5, 5.41) is 10.9. The molecular weight excluding hydrogens is 270 g/mol. The predicted octanol–water partition coefficient (Wildman–Crippen LogP) is 1.15. The molecule has 1 aromatic heterocycles. The second-order valence-corrected chi connectivity index (χ2v) is 4.81. The average molecular weight is 289 g/mol. The van der Waals surface area contributed by atoms with Gasteiger partial charge in [-0.05, 0) is 24.3 Å². The van der Waals surface area contributed by atoms with Crippen LogP contribution in [0, 0.1) is 0 Å². The maximum Gasteiger partial charge on any atom is 0.320 e. The molecule has 0 aliphatic carbocycles. The van der Waals surface area contributed by atoms with E-state index in [0.717, 1.165) is 32.0 Å². The van der Waals surface area contributed by atoms with Crippen molar-refractivity contribution >= 4 is 17.4 Å². The quantitative estimate of drug-likeness (QED) is 0.853. The van der Waals surface area contributed by atoms with Crippen LogP contribution in [-0.4, -0.2) is 43.0 Å². The molecule has 1 aromatic carbocycles. The van der Waals surface area contributed by atoms with Crippen molar-refractivity contribution in [2.75, 3.05) is 43.1 Å². The van der Waals surface area contributed by atoms with Gasteiger partial charge in [0.25, 0.3) is 0 Å². The van der Waals surface area contributed by atoms with Gasteiger partial charge in [-0.3, -0.25) is 0 Å². The Morgan fingerprint density at radius 1 is 1.14 bits per heavy atom. The van der Waals surface area contributed by atoms with Crippen LogP contribution in [0.2, 0.25) is 0 Å². The molecule has 1 fully saturated rings. The lowest BCUT2D eigenvalue weighted by Gasteiger charge is -2.28. The summed E-state index contributed by atoms with van der Waals surface area (Å²) in [5.41, 5.74) is 7.55. The molecule has 2 aromatic rings. The Morgan fingerprint density at radius 2 is 1.90 bits per heavy atom. The SMILES string of the molecule is NCCc1nnc(Nc2ccc(N3CCOCC3)cc2)o1. The Balaban J connectivity index is 1.63. The lowest BCUT2D eigenvalue weighted by atomic mass is 10.2. The third-order valence-electron chi connectivity index (χ3n) is 3.32. The van der Waals surface area contributed by atoms with Gasteiger partial charge in [-0.25, -0.2) is 0 Å². The maximum atomic E-state index is 5.45. The fourth-order valence-corrected chi connectivity index (χ4v) is 2.23. The molecule has 0 unspecified atom stereocenters. The number of rotatable bonds is 5. The van der Waals surface area contributed by atoms with E-state index in [1.807, 2.05) is 12.1 Å². The predicted molar refractivity (Wildman–Crippen MR) is 79.8 cm³/mol. The summed E-state index contributed by atoms with van der Waals surface area (Å²) in [4.78, 5) is 2.30. The normalized spacial score (nSPS) is 15.2. The second-order valence-electron chi connectivity index (χ2n) is 4.81. The van der Waals surface area contributed by atoms with Crippen molar-refractivity contribution in [3.63, 3.8) is 0 Å². The number of anilines is 3. The first-order valence-corrected chi connectivity index (χ1v) is 7.07. The van der Waals surface area contributed by atoms with Gasteiger partial charge in [0.2, 0.25) is 5.89 Å². The molecular formula is C14H19N5O2. The third-order valence-corrected chi connectivity index (χ3v) is 3.32. The topological polar surface area (TPSA) is 89.4 Å². The Kier molecular flexibility index (Phi) is 4.32. The maximum absolute atomic E-state index is 5.45. The number of morpholine rings is 1. The molecule has 0 amide bonds. The van der Waals surface area contributed by atoms with Gasteiger partial charge in [-0.15, -0.1) is 5.10 Å². The highest BCUT2D eigenvalue weighted by Gasteiger charge is 2.11. The molecule has 1 aliphatic rings. The number of benzene rings is 1. The molecule has 0 saturated carbocycles. The van der Waals surface area contributed by atoms with Crippen molar-refractivity contribution in [3.8, 4) is 0 Å². The van der Waals surface area contributed by atoms with Crippen molar-refractivity contribution in [1.29, 1.82) is 0 Å². The average Bonchev–Trinajstić information content (AvgIpc) is 2.97. The first-order valence-electron chi connectivity index (χ1n) is 7.07. The van der Waals surface area contributed by atoms with Gasteiger partial charge in [-0.2, -0.15) is 0 Å². The minimum absolute atomic E-state index is 0.387. The lowest BCUT2D eigenvalue weighted by Crippen LogP contribution is -2.36. The van der Waals surface area contributed by atoms with Gasteiger partial charge in [0, 0.05) is 37.4 Å². The fourth-order valence-electron chi connectivity index (χ4n) is 2.23. The van der Waals surface area contributed by atoms with Gasteiger partial charge >= 0.3 is 6.01 Å². The van der Waals surface area contributed by atoms with E-state index in [9.17, 15) is 0 Å². The molecule has 112 valence electrons. The molecule has 0 bridgehead atoms. The van der Waals surface area contributed by atoms with Gasteiger partial charge in [0.05, 0.1) is 13.2 Å². The summed E-state index contributed by atoms with van der Waals surface area (Å²) < 4.78 is 10.8. The Bertz CT molecular complexity index is 563. The van der Waals surface area contributed by atoms with E-state index in [0.29, 0.717) is 24.9 Å². The van der Waals surface area contributed by atoms with Crippen LogP contribution in [0.4, 0.5) is 17.4 Å². The highest BCUT2D eigenvalue weighted by Crippen LogP contribution is 2.21. The van der Waals surface area contributed by atoms with Crippen molar-refractivity contribution < 1.29 is 9.15 Å². The zero-order chi connectivity index (χ0) is 14.5. The van der Waals surface area contributed by atoms with E-state index in [1.54, 1.807) is 0 Å². The standard InChI is InChI=1S/C14H19N5O2/c15-6-5-13-17-18-14(21-13)16-11-1-3-12(4-2-11)19-7-9-20-10-8-19/h1-4H,5-10,15H2,(H,16,18). The summed E-state index contributed by atoms with van der Waals surface area (Å²) in [7, 11) is 0. The van der Waals surface area contributed by atoms with Crippen LogP contribution < -0.4 is 16.0 Å². The smallest absolute Gasteiger partial charge is 0.320 e. The van der Waals surface area contributed by atoms with E-state index in [-0.39, 0.29) is 0 Å². The lowest BCUT2D eigenvalue weighted by molar-refractivity contribution is 0.122. The summed E-state index contributed by atoms with van der Waals surface area (Å²) >= 11 is 0. The number of hydrogen-bond acceptors (Lipinski definition) is 7. The zero-order valence-corrected chi connectivity index (χ0v) is 11.8. The number of aromatic nitrogens is 2. The van der Waals surface area contributed by atoms with Gasteiger partial charge < -0.3 is 25.1 Å². The van der Waals surface area contributed by atoms with E-state index in [4.69, 9.17) is 14.9 Å². The van der Waals surface area contributed by atoms with Gasteiger partial charge in [0.15, 0.2) is 0 Å². The largest absolute Gasteiger partial charge is 0.408 e. The number of nitrogens with one attached hydrogen (secondary N) is 1.